The predicted molar refractivity (Wildman–Crippen MR) is 76.8 cm³/mol. The van der Waals surface area contributed by atoms with E-state index in [0.717, 1.165) is 11.3 Å². The van der Waals surface area contributed by atoms with Crippen LogP contribution >= 0.6 is 0 Å². The number of carbonyl (C=O) groups is 1. The minimum absolute atomic E-state index is 0.135. The maximum absolute atomic E-state index is 12.0. The molecule has 0 atom stereocenters. The summed E-state index contributed by atoms with van der Waals surface area (Å²) in [5.74, 6) is 5.58. The average molecular weight is 250 g/mol. The molecule has 0 saturated heterocycles. The molecule has 0 aliphatic heterocycles. The van der Waals surface area contributed by atoms with Gasteiger partial charge in [0.05, 0.1) is 6.54 Å². The van der Waals surface area contributed by atoms with Gasteiger partial charge in [0.15, 0.2) is 0 Å². The van der Waals surface area contributed by atoms with Crippen molar-refractivity contribution in [1.82, 2.24) is 0 Å². The van der Waals surface area contributed by atoms with Crippen molar-refractivity contribution in [2.24, 2.45) is 5.73 Å². The molecule has 0 aromatic heterocycles. The van der Waals surface area contributed by atoms with Gasteiger partial charge in [-0.25, -0.2) is 0 Å². The van der Waals surface area contributed by atoms with Crippen LogP contribution < -0.4 is 11.1 Å². The molecule has 1 amide bonds. The van der Waals surface area contributed by atoms with Gasteiger partial charge in [-0.2, -0.15) is 0 Å². The zero-order valence-electron chi connectivity index (χ0n) is 10.4. The molecular formula is C16H14N2O. The Morgan fingerprint density at radius 2 is 1.89 bits per heavy atom. The van der Waals surface area contributed by atoms with E-state index in [-0.39, 0.29) is 5.91 Å². The van der Waals surface area contributed by atoms with E-state index in [1.54, 1.807) is 12.1 Å². The second-order valence-corrected chi connectivity index (χ2v) is 3.91. The van der Waals surface area contributed by atoms with E-state index in [9.17, 15) is 4.79 Å². The second kappa shape index (κ2) is 6.39. The Morgan fingerprint density at radius 3 is 2.63 bits per heavy atom. The Balaban J connectivity index is 2.13. The highest BCUT2D eigenvalue weighted by atomic mass is 16.1. The summed E-state index contributed by atoms with van der Waals surface area (Å²) in [4.78, 5) is 12.0. The van der Waals surface area contributed by atoms with Gasteiger partial charge in [-0.3, -0.25) is 4.79 Å². The molecule has 0 spiro atoms. The zero-order chi connectivity index (χ0) is 13.5. The highest BCUT2D eigenvalue weighted by molar-refractivity contribution is 6.04. The molecule has 0 aliphatic carbocycles. The van der Waals surface area contributed by atoms with Crippen LogP contribution in [0.5, 0.6) is 0 Å². The zero-order valence-corrected chi connectivity index (χ0v) is 10.4. The third-order valence-electron chi connectivity index (χ3n) is 2.49. The molecule has 0 radical (unpaired) electrons. The highest BCUT2D eigenvalue weighted by Gasteiger charge is 2.04. The maximum atomic E-state index is 12.0. The topological polar surface area (TPSA) is 55.1 Å². The van der Waals surface area contributed by atoms with Gasteiger partial charge in [-0.15, -0.1) is 0 Å². The average Bonchev–Trinajstić information content (AvgIpc) is 2.46. The molecule has 0 bridgehead atoms. The van der Waals surface area contributed by atoms with Crippen LogP contribution in [0.4, 0.5) is 5.69 Å². The molecule has 2 aromatic carbocycles. The Bertz CT molecular complexity index is 624. The van der Waals surface area contributed by atoms with Gasteiger partial charge in [-0.05, 0) is 30.3 Å². The molecule has 2 aromatic rings. The number of nitrogens with one attached hydrogen (secondary N) is 1. The van der Waals surface area contributed by atoms with E-state index in [4.69, 9.17) is 5.73 Å². The first-order chi connectivity index (χ1) is 9.29. The lowest BCUT2D eigenvalue weighted by atomic mass is 10.2. The molecule has 94 valence electrons. The van der Waals surface area contributed by atoms with Crippen LogP contribution in [0.3, 0.4) is 0 Å². The fourth-order valence-corrected chi connectivity index (χ4v) is 1.62. The summed E-state index contributed by atoms with van der Waals surface area (Å²) < 4.78 is 0. The quantitative estimate of drug-likeness (QED) is 0.803. The Kier molecular flexibility index (Phi) is 4.33. The molecule has 0 aliphatic rings. The van der Waals surface area contributed by atoms with Crippen molar-refractivity contribution in [3.05, 3.63) is 65.7 Å². The van der Waals surface area contributed by atoms with Gasteiger partial charge in [0.1, 0.15) is 0 Å². The molecule has 0 unspecified atom stereocenters. The van der Waals surface area contributed by atoms with Crippen molar-refractivity contribution in [3.8, 4) is 11.8 Å². The summed E-state index contributed by atoms with van der Waals surface area (Å²) in [7, 11) is 0. The van der Waals surface area contributed by atoms with E-state index in [2.05, 4.69) is 17.2 Å². The van der Waals surface area contributed by atoms with Crippen molar-refractivity contribution in [2.45, 2.75) is 0 Å². The summed E-state index contributed by atoms with van der Waals surface area (Å²) >= 11 is 0. The summed E-state index contributed by atoms with van der Waals surface area (Å²) in [6.45, 7) is 0.320. The molecular weight excluding hydrogens is 236 g/mol. The largest absolute Gasteiger partial charge is 0.322 e. The van der Waals surface area contributed by atoms with Crippen LogP contribution in [0, 0.1) is 11.8 Å². The minimum Gasteiger partial charge on any atom is -0.322 e. The third-order valence-corrected chi connectivity index (χ3v) is 2.49. The third kappa shape index (κ3) is 3.70. The molecule has 0 heterocycles. The van der Waals surface area contributed by atoms with Crippen molar-refractivity contribution >= 4 is 11.6 Å². The molecule has 3 N–H and O–H groups in total. The highest BCUT2D eigenvalue weighted by Crippen LogP contribution is 2.11. The summed E-state index contributed by atoms with van der Waals surface area (Å²) in [5.41, 5.74) is 7.50. The fourth-order valence-electron chi connectivity index (χ4n) is 1.62. The first-order valence-corrected chi connectivity index (χ1v) is 5.95. The number of anilines is 1. The maximum Gasteiger partial charge on any atom is 0.255 e. The molecule has 2 rings (SSSR count). The molecule has 3 nitrogen and oxygen atoms in total. The lowest BCUT2D eigenvalue weighted by Crippen LogP contribution is -2.11. The number of benzene rings is 2. The van der Waals surface area contributed by atoms with Gasteiger partial charge in [0.2, 0.25) is 0 Å². The van der Waals surface area contributed by atoms with Crippen molar-refractivity contribution in [1.29, 1.82) is 0 Å². The Labute approximate surface area is 112 Å². The summed E-state index contributed by atoms with van der Waals surface area (Å²) in [6.07, 6.45) is 0. The number of hydrogen-bond donors (Lipinski definition) is 2. The van der Waals surface area contributed by atoms with E-state index < -0.39 is 0 Å². The Hall–Kier alpha value is -2.57. The normalized spacial score (nSPS) is 9.32. The number of carbonyl (C=O) groups excluding carboxylic acids is 1. The smallest absolute Gasteiger partial charge is 0.255 e. The van der Waals surface area contributed by atoms with Crippen LogP contribution in [0.1, 0.15) is 15.9 Å². The lowest BCUT2D eigenvalue weighted by Gasteiger charge is -2.05. The van der Waals surface area contributed by atoms with Crippen LogP contribution in [-0.2, 0) is 0 Å². The fraction of sp³-hybridized carbons (Fsp3) is 0.0625. The summed E-state index contributed by atoms with van der Waals surface area (Å²) in [6, 6.07) is 16.5. The van der Waals surface area contributed by atoms with Crippen LogP contribution in [-0.4, -0.2) is 12.5 Å². The van der Waals surface area contributed by atoms with Gasteiger partial charge < -0.3 is 11.1 Å². The lowest BCUT2D eigenvalue weighted by molar-refractivity contribution is 0.102. The van der Waals surface area contributed by atoms with E-state index >= 15 is 0 Å². The predicted octanol–water partition coefficient (Wildman–Crippen LogP) is 2.25. The van der Waals surface area contributed by atoms with Gasteiger partial charge in [-0.1, -0.05) is 36.1 Å². The van der Waals surface area contributed by atoms with Gasteiger partial charge >= 0.3 is 0 Å². The number of hydrogen-bond acceptors (Lipinski definition) is 2. The molecule has 19 heavy (non-hydrogen) atoms. The minimum atomic E-state index is -0.135. The molecule has 3 heteroatoms. The van der Waals surface area contributed by atoms with Crippen molar-refractivity contribution in [2.75, 3.05) is 11.9 Å². The first kappa shape index (κ1) is 12.9. The van der Waals surface area contributed by atoms with Gasteiger partial charge in [0, 0.05) is 16.8 Å². The monoisotopic (exact) mass is 250 g/mol. The van der Waals surface area contributed by atoms with Crippen molar-refractivity contribution in [3.63, 3.8) is 0 Å². The van der Waals surface area contributed by atoms with Crippen molar-refractivity contribution < 1.29 is 4.79 Å². The first-order valence-electron chi connectivity index (χ1n) is 5.95. The Morgan fingerprint density at radius 1 is 1.11 bits per heavy atom. The second-order valence-electron chi connectivity index (χ2n) is 3.91. The summed E-state index contributed by atoms with van der Waals surface area (Å²) in [5, 5.41) is 2.84. The van der Waals surface area contributed by atoms with Crippen LogP contribution in [0.25, 0.3) is 0 Å². The molecule has 0 fully saturated rings. The van der Waals surface area contributed by atoms with Crippen LogP contribution in [0.15, 0.2) is 54.6 Å². The van der Waals surface area contributed by atoms with E-state index in [0.29, 0.717) is 12.1 Å². The standard InChI is InChI=1S/C16H14N2O/c17-11-5-7-13-6-4-10-15(12-13)18-16(19)14-8-2-1-3-9-14/h1-4,6,8-10,12H,11,17H2,(H,18,19). The van der Waals surface area contributed by atoms with E-state index in [1.165, 1.54) is 0 Å². The van der Waals surface area contributed by atoms with Crippen LogP contribution in [0.2, 0.25) is 0 Å². The SMILES string of the molecule is NCC#Cc1cccc(NC(=O)c2ccccc2)c1. The number of rotatable bonds is 2. The van der Waals surface area contributed by atoms with Gasteiger partial charge in [0.25, 0.3) is 5.91 Å². The van der Waals surface area contributed by atoms with E-state index in [1.807, 2.05) is 42.5 Å². The molecule has 0 saturated carbocycles. The number of amides is 1. The number of nitrogens with two attached hydrogens (primary N) is 1.